The Morgan fingerprint density at radius 1 is 1.44 bits per heavy atom. The average molecular weight is 217 g/mol. The summed E-state index contributed by atoms with van der Waals surface area (Å²) in [6.07, 6.45) is 9.73. The first-order chi connectivity index (χ1) is 7.83. The van der Waals surface area contributed by atoms with Gasteiger partial charge in [0.15, 0.2) is 0 Å². The molecule has 0 aromatic carbocycles. The predicted molar refractivity (Wildman–Crippen MR) is 67.1 cm³/mol. The van der Waals surface area contributed by atoms with Crippen LogP contribution in [0.25, 0.3) is 0 Å². The molecule has 2 heteroatoms. The molecule has 0 aliphatic heterocycles. The minimum absolute atomic E-state index is 0.746. The molecule has 1 rings (SSSR count). The van der Waals surface area contributed by atoms with Crippen LogP contribution in [0.15, 0.2) is 48.4 Å². The van der Waals surface area contributed by atoms with Gasteiger partial charge < -0.3 is 4.74 Å². The number of hydrogen-bond acceptors (Lipinski definition) is 2. The van der Waals surface area contributed by atoms with Gasteiger partial charge in [-0.15, -0.1) is 0 Å². The van der Waals surface area contributed by atoms with E-state index in [0.29, 0.717) is 0 Å². The molecule has 0 N–H and O–H groups in total. The van der Waals surface area contributed by atoms with Crippen LogP contribution in [0, 0.1) is 0 Å². The zero-order valence-electron chi connectivity index (χ0n) is 10.0. The number of ether oxygens (including phenoxy) is 1. The lowest BCUT2D eigenvalue weighted by Gasteiger charge is -2.05. The molecular formula is C14H19NO. The van der Waals surface area contributed by atoms with Crippen LogP contribution >= 0.6 is 0 Å². The molecule has 0 fully saturated rings. The number of pyridine rings is 1. The van der Waals surface area contributed by atoms with Crippen molar-refractivity contribution in [3.05, 3.63) is 54.1 Å². The minimum atomic E-state index is 0.746. The first-order valence-electron chi connectivity index (χ1n) is 5.65. The molecule has 0 aliphatic carbocycles. The van der Waals surface area contributed by atoms with E-state index in [1.807, 2.05) is 56.5 Å². The second-order valence-corrected chi connectivity index (χ2v) is 3.58. The highest BCUT2D eigenvalue weighted by molar-refractivity contribution is 5.05. The van der Waals surface area contributed by atoms with Crippen LogP contribution in [0.5, 0.6) is 0 Å². The fourth-order valence-corrected chi connectivity index (χ4v) is 1.31. The van der Waals surface area contributed by atoms with E-state index in [-0.39, 0.29) is 0 Å². The Morgan fingerprint density at radius 3 is 3.00 bits per heavy atom. The molecule has 2 nitrogen and oxygen atoms in total. The van der Waals surface area contributed by atoms with Crippen molar-refractivity contribution in [1.82, 2.24) is 4.98 Å². The summed E-state index contributed by atoms with van der Waals surface area (Å²) in [5.41, 5.74) is 1.13. The van der Waals surface area contributed by atoms with E-state index in [1.54, 1.807) is 0 Å². The summed E-state index contributed by atoms with van der Waals surface area (Å²) >= 11 is 0. The molecule has 1 aromatic heterocycles. The number of nitrogens with zero attached hydrogens (tertiary/aromatic N) is 1. The summed E-state index contributed by atoms with van der Waals surface area (Å²) in [5.74, 6) is 0.958. The molecule has 16 heavy (non-hydrogen) atoms. The van der Waals surface area contributed by atoms with Gasteiger partial charge in [-0.1, -0.05) is 18.2 Å². The minimum Gasteiger partial charge on any atom is -0.498 e. The maximum atomic E-state index is 5.55. The fourth-order valence-electron chi connectivity index (χ4n) is 1.31. The van der Waals surface area contributed by atoms with Crippen molar-refractivity contribution < 1.29 is 4.74 Å². The van der Waals surface area contributed by atoms with Gasteiger partial charge in [-0.2, -0.15) is 0 Å². The van der Waals surface area contributed by atoms with Crippen molar-refractivity contribution in [3.8, 4) is 0 Å². The van der Waals surface area contributed by atoms with Gasteiger partial charge in [-0.25, -0.2) is 0 Å². The molecule has 0 atom stereocenters. The molecule has 1 heterocycles. The summed E-state index contributed by atoms with van der Waals surface area (Å²) in [6.45, 7) is 4.71. The molecule has 0 radical (unpaired) electrons. The molecule has 0 bridgehead atoms. The summed E-state index contributed by atoms with van der Waals surface area (Å²) in [4.78, 5) is 4.26. The van der Waals surface area contributed by atoms with Crippen molar-refractivity contribution >= 4 is 0 Å². The average Bonchev–Trinajstić information content (AvgIpc) is 2.33. The lowest BCUT2D eigenvalue weighted by molar-refractivity contribution is 0.210. The van der Waals surface area contributed by atoms with Crippen LogP contribution in [-0.2, 0) is 11.2 Å². The van der Waals surface area contributed by atoms with Gasteiger partial charge in [-0.3, -0.25) is 4.98 Å². The third-order valence-corrected chi connectivity index (χ3v) is 2.16. The van der Waals surface area contributed by atoms with Crippen molar-refractivity contribution in [2.45, 2.75) is 26.7 Å². The van der Waals surface area contributed by atoms with Gasteiger partial charge >= 0.3 is 0 Å². The molecular weight excluding hydrogens is 198 g/mol. The lowest BCUT2D eigenvalue weighted by Crippen LogP contribution is -1.96. The summed E-state index contributed by atoms with van der Waals surface area (Å²) in [6, 6.07) is 5.99. The third kappa shape index (κ3) is 5.35. The number of aryl methyl sites for hydroxylation is 1. The highest BCUT2D eigenvalue weighted by Gasteiger charge is 1.94. The van der Waals surface area contributed by atoms with Gasteiger partial charge in [0.05, 0.1) is 12.4 Å². The summed E-state index contributed by atoms with van der Waals surface area (Å²) in [5, 5.41) is 0. The Bertz CT molecular complexity index is 341. The van der Waals surface area contributed by atoms with Crippen molar-refractivity contribution in [2.24, 2.45) is 0 Å². The third-order valence-electron chi connectivity index (χ3n) is 2.16. The standard InChI is InChI=1S/C14H19NO/c1-3-4-8-13(2)16-12-7-10-14-9-5-6-11-15-14/h3-6,8-9,11H,7,10,12H2,1-2H3/b4-3+,13-8+. The van der Waals surface area contributed by atoms with Crippen LogP contribution in [0.2, 0.25) is 0 Å². The maximum Gasteiger partial charge on any atom is 0.0928 e. The second-order valence-electron chi connectivity index (χ2n) is 3.58. The van der Waals surface area contributed by atoms with Crippen LogP contribution in [0.4, 0.5) is 0 Å². The van der Waals surface area contributed by atoms with E-state index < -0.39 is 0 Å². The summed E-state index contributed by atoms with van der Waals surface area (Å²) in [7, 11) is 0. The topological polar surface area (TPSA) is 22.1 Å². The van der Waals surface area contributed by atoms with Gasteiger partial charge in [0.25, 0.3) is 0 Å². The molecule has 0 spiro atoms. The molecule has 0 unspecified atom stereocenters. The van der Waals surface area contributed by atoms with Crippen LogP contribution in [-0.4, -0.2) is 11.6 Å². The van der Waals surface area contributed by atoms with Crippen molar-refractivity contribution in [1.29, 1.82) is 0 Å². The van der Waals surface area contributed by atoms with E-state index in [0.717, 1.165) is 30.9 Å². The molecule has 0 saturated carbocycles. The second kappa shape index (κ2) is 7.69. The number of allylic oxidation sites excluding steroid dienone is 4. The highest BCUT2D eigenvalue weighted by Crippen LogP contribution is 2.01. The van der Waals surface area contributed by atoms with Crippen molar-refractivity contribution in [3.63, 3.8) is 0 Å². The van der Waals surface area contributed by atoms with Crippen LogP contribution in [0.3, 0.4) is 0 Å². The van der Waals surface area contributed by atoms with Crippen molar-refractivity contribution in [2.75, 3.05) is 6.61 Å². The van der Waals surface area contributed by atoms with E-state index in [2.05, 4.69) is 4.98 Å². The molecule has 1 aromatic rings. The van der Waals surface area contributed by atoms with E-state index in [1.165, 1.54) is 0 Å². The lowest BCUT2D eigenvalue weighted by atomic mass is 10.2. The van der Waals surface area contributed by atoms with Crippen LogP contribution in [0.1, 0.15) is 26.0 Å². The summed E-state index contributed by atoms with van der Waals surface area (Å²) < 4.78 is 5.55. The number of rotatable bonds is 6. The molecule has 0 saturated heterocycles. The molecule has 0 aliphatic rings. The van der Waals surface area contributed by atoms with Crippen LogP contribution < -0.4 is 0 Å². The molecule has 0 amide bonds. The molecule has 86 valence electrons. The Hall–Kier alpha value is -1.57. The van der Waals surface area contributed by atoms with E-state index >= 15 is 0 Å². The first kappa shape index (κ1) is 12.5. The van der Waals surface area contributed by atoms with Gasteiger partial charge in [-0.05, 0) is 44.9 Å². The van der Waals surface area contributed by atoms with Gasteiger partial charge in [0, 0.05) is 11.9 Å². The Balaban J connectivity index is 2.17. The quantitative estimate of drug-likeness (QED) is 0.413. The zero-order valence-corrected chi connectivity index (χ0v) is 10.0. The number of hydrogen-bond donors (Lipinski definition) is 0. The highest BCUT2D eigenvalue weighted by atomic mass is 16.5. The largest absolute Gasteiger partial charge is 0.498 e. The Kier molecular flexibility index (Phi) is 6.00. The first-order valence-corrected chi connectivity index (χ1v) is 5.65. The van der Waals surface area contributed by atoms with Gasteiger partial charge in [0.2, 0.25) is 0 Å². The Labute approximate surface area is 97.7 Å². The normalized spacial score (nSPS) is 12.0. The SMILES string of the molecule is C/C=C/C=C(\C)OCCCc1ccccn1. The number of aromatic nitrogens is 1. The van der Waals surface area contributed by atoms with E-state index in [4.69, 9.17) is 4.74 Å². The van der Waals surface area contributed by atoms with E-state index in [9.17, 15) is 0 Å². The maximum absolute atomic E-state index is 5.55. The smallest absolute Gasteiger partial charge is 0.0928 e. The van der Waals surface area contributed by atoms with Gasteiger partial charge in [0.1, 0.15) is 0 Å². The predicted octanol–water partition coefficient (Wildman–Crippen LogP) is 3.51. The monoisotopic (exact) mass is 217 g/mol. The zero-order chi connectivity index (χ0) is 11.6. The fraction of sp³-hybridized carbons (Fsp3) is 0.357. The Morgan fingerprint density at radius 2 is 2.31 bits per heavy atom.